The monoisotopic (exact) mass is 382 g/mol. The van der Waals surface area contributed by atoms with Crippen LogP contribution in [0.1, 0.15) is 18.7 Å². The Morgan fingerprint density at radius 2 is 1.96 bits per heavy atom. The third-order valence-electron chi connectivity index (χ3n) is 4.66. The minimum atomic E-state index is 0.440. The van der Waals surface area contributed by atoms with Gasteiger partial charge in [0.05, 0.1) is 6.54 Å². The van der Waals surface area contributed by atoms with Crippen molar-refractivity contribution in [2.24, 2.45) is 0 Å². The summed E-state index contributed by atoms with van der Waals surface area (Å²) in [5, 5.41) is 8.42. The highest BCUT2D eigenvalue weighted by molar-refractivity contribution is 7.98. The topological polar surface area (TPSA) is 80.0 Å². The van der Waals surface area contributed by atoms with E-state index >= 15 is 0 Å². The Morgan fingerprint density at radius 3 is 2.74 bits per heavy atom. The highest BCUT2D eigenvalue weighted by atomic mass is 32.2. The summed E-state index contributed by atoms with van der Waals surface area (Å²) in [6, 6.07) is 12.3. The summed E-state index contributed by atoms with van der Waals surface area (Å²) in [6.45, 7) is 2.54. The smallest absolute Gasteiger partial charge is 0.240 e. The first-order valence-corrected chi connectivity index (χ1v) is 10.3. The molecule has 0 radical (unpaired) electrons. The molecule has 1 saturated heterocycles. The van der Waals surface area contributed by atoms with Crippen LogP contribution in [-0.4, -0.2) is 45.5 Å². The Balaban J connectivity index is 1.28. The van der Waals surface area contributed by atoms with E-state index in [-0.39, 0.29) is 0 Å². The van der Waals surface area contributed by atoms with E-state index in [0.717, 1.165) is 42.5 Å². The second-order valence-corrected chi connectivity index (χ2v) is 7.19. The van der Waals surface area contributed by atoms with Crippen molar-refractivity contribution in [2.75, 3.05) is 24.2 Å². The van der Waals surface area contributed by atoms with Crippen LogP contribution in [0, 0.1) is 0 Å². The van der Waals surface area contributed by atoms with E-state index in [2.05, 4.69) is 30.3 Å². The molecular formula is C19H22N6OS. The third kappa shape index (κ3) is 4.45. The lowest BCUT2D eigenvalue weighted by Crippen LogP contribution is -2.42. The average Bonchev–Trinajstić information content (AvgIpc) is 3.22. The van der Waals surface area contributed by atoms with Crippen molar-refractivity contribution in [3.8, 4) is 11.4 Å². The van der Waals surface area contributed by atoms with E-state index in [0.29, 0.717) is 24.3 Å². The molecule has 140 valence electrons. The molecule has 0 spiro atoms. The van der Waals surface area contributed by atoms with E-state index in [1.165, 1.54) is 0 Å². The van der Waals surface area contributed by atoms with Crippen molar-refractivity contribution in [1.82, 2.24) is 25.4 Å². The quantitative estimate of drug-likeness (QED) is 0.515. The van der Waals surface area contributed by atoms with Crippen molar-refractivity contribution >= 4 is 17.6 Å². The van der Waals surface area contributed by atoms with Gasteiger partial charge >= 0.3 is 0 Å². The summed E-state index contributed by atoms with van der Waals surface area (Å²) < 4.78 is 5.37. The van der Waals surface area contributed by atoms with E-state index in [9.17, 15) is 0 Å². The second kappa shape index (κ2) is 8.49. The zero-order valence-corrected chi connectivity index (χ0v) is 16.0. The molecule has 27 heavy (non-hydrogen) atoms. The molecule has 0 bridgehead atoms. The van der Waals surface area contributed by atoms with Gasteiger partial charge in [0, 0.05) is 30.9 Å². The lowest BCUT2D eigenvalue weighted by molar-refractivity contribution is 0.341. The average molecular weight is 382 g/mol. The van der Waals surface area contributed by atoms with Gasteiger partial charge in [-0.25, -0.2) is 9.97 Å². The maximum atomic E-state index is 5.37. The van der Waals surface area contributed by atoms with Gasteiger partial charge in [0.1, 0.15) is 5.82 Å². The van der Waals surface area contributed by atoms with Gasteiger partial charge in [0.2, 0.25) is 11.7 Å². The van der Waals surface area contributed by atoms with Gasteiger partial charge in [-0.15, -0.1) is 0 Å². The molecule has 1 aromatic carbocycles. The van der Waals surface area contributed by atoms with E-state index in [1.807, 2.05) is 48.9 Å². The third-order valence-corrected chi connectivity index (χ3v) is 5.22. The van der Waals surface area contributed by atoms with Gasteiger partial charge in [-0.05, 0) is 25.2 Å². The van der Waals surface area contributed by atoms with Gasteiger partial charge in [-0.1, -0.05) is 47.3 Å². The van der Waals surface area contributed by atoms with E-state index in [4.69, 9.17) is 4.52 Å². The zero-order chi connectivity index (χ0) is 18.5. The number of benzene rings is 1. The van der Waals surface area contributed by atoms with Crippen LogP contribution in [0.5, 0.6) is 0 Å². The Morgan fingerprint density at radius 1 is 1.15 bits per heavy atom. The standard InChI is InChI=1S/C19H22N6OS/c1-27-19-20-10-7-16(22-19)25-11-8-15(9-12-25)21-13-17-23-18(24-26-17)14-5-3-2-4-6-14/h2-7,10,15,21H,8-9,11-13H2,1H3. The maximum absolute atomic E-state index is 5.37. The first-order chi connectivity index (χ1) is 13.3. The molecule has 4 rings (SSSR count). The minimum Gasteiger partial charge on any atom is -0.356 e. The fourth-order valence-electron chi connectivity index (χ4n) is 3.18. The number of rotatable bonds is 6. The van der Waals surface area contributed by atoms with Crippen LogP contribution in [0.4, 0.5) is 5.82 Å². The Labute approximate surface area is 162 Å². The first-order valence-electron chi connectivity index (χ1n) is 9.05. The zero-order valence-electron chi connectivity index (χ0n) is 15.2. The predicted molar refractivity (Wildman–Crippen MR) is 106 cm³/mol. The van der Waals surface area contributed by atoms with E-state index in [1.54, 1.807) is 11.8 Å². The van der Waals surface area contributed by atoms with Crippen LogP contribution < -0.4 is 10.2 Å². The first kappa shape index (κ1) is 17.9. The van der Waals surface area contributed by atoms with Gasteiger partial charge < -0.3 is 14.7 Å². The van der Waals surface area contributed by atoms with Crippen LogP contribution >= 0.6 is 11.8 Å². The summed E-state index contributed by atoms with van der Waals surface area (Å²) in [4.78, 5) is 15.6. The number of nitrogens with zero attached hydrogens (tertiary/aromatic N) is 5. The SMILES string of the molecule is CSc1nccc(N2CCC(NCc3nc(-c4ccccc4)no3)CC2)n1. The van der Waals surface area contributed by atoms with Crippen LogP contribution in [0.2, 0.25) is 0 Å². The molecule has 8 heteroatoms. The van der Waals surface area contributed by atoms with Crippen LogP contribution in [0.15, 0.2) is 52.3 Å². The van der Waals surface area contributed by atoms with Crippen molar-refractivity contribution in [3.63, 3.8) is 0 Å². The Bertz CT molecular complexity index is 863. The number of thioether (sulfide) groups is 1. The fraction of sp³-hybridized carbons (Fsp3) is 0.368. The summed E-state index contributed by atoms with van der Waals surface area (Å²) in [7, 11) is 0. The van der Waals surface area contributed by atoms with Crippen LogP contribution in [0.3, 0.4) is 0 Å². The Kier molecular flexibility index (Phi) is 5.64. The molecule has 3 heterocycles. The predicted octanol–water partition coefficient (Wildman–Crippen LogP) is 3.01. The molecule has 1 fully saturated rings. The van der Waals surface area contributed by atoms with Gasteiger partial charge in [-0.3, -0.25) is 0 Å². The summed E-state index contributed by atoms with van der Waals surface area (Å²) in [5.41, 5.74) is 0.968. The van der Waals surface area contributed by atoms with E-state index < -0.39 is 0 Å². The number of anilines is 1. The van der Waals surface area contributed by atoms with Gasteiger partial charge in [0.15, 0.2) is 5.16 Å². The number of aromatic nitrogens is 4. The van der Waals surface area contributed by atoms with Gasteiger partial charge in [-0.2, -0.15) is 4.98 Å². The van der Waals surface area contributed by atoms with Gasteiger partial charge in [0.25, 0.3) is 0 Å². The number of piperidine rings is 1. The fourth-order valence-corrected chi connectivity index (χ4v) is 3.53. The molecule has 0 amide bonds. The number of nitrogens with one attached hydrogen (secondary N) is 1. The summed E-state index contributed by atoms with van der Waals surface area (Å²) in [5.74, 6) is 2.27. The number of hydrogen-bond donors (Lipinski definition) is 1. The summed E-state index contributed by atoms with van der Waals surface area (Å²) >= 11 is 1.57. The molecule has 0 unspecified atom stereocenters. The molecule has 1 N–H and O–H groups in total. The second-order valence-electron chi connectivity index (χ2n) is 6.42. The summed E-state index contributed by atoms with van der Waals surface area (Å²) in [6.07, 6.45) is 5.94. The molecule has 0 aliphatic carbocycles. The Hall–Kier alpha value is -2.45. The molecular weight excluding hydrogens is 360 g/mol. The minimum absolute atomic E-state index is 0.440. The molecule has 2 aromatic heterocycles. The molecule has 1 aliphatic heterocycles. The number of hydrogen-bond acceptors (Lipinski definition) is 8. The van der Waals surface area contributed by atoms with Crippen molar-refractivity contribution in [1.29, 1.82) is 0 Å². The van der Waals surface area contributed by atoms with Crippen LogP contribution in [0.25, 0.3) is 11.4 Å². The molecule has 0 saturated carbocycles. The lowest BCUT2D eigenvalue weighted by atomic mass is 10.1. The van der Waals surface area contributed by atoms with Crippen LogP contribution in [-0.2, 0) is 6.54 Å². The largest absolute Gasteiger partial charge is 0.356 e. The molecule has 1 aliphatic rings. The normalized spacial score (nSPS) is 15.2. The van der Waals surface area contributed by atoms with Crippen molar-refractivity contribution in [3.05, 3.63) is 48.5 Å². The van der Waals surface area contributed by atoms with Crippen molar-refractivity contribution < 1.29 is 4.52 Å². The molecule has 0 atom stereocenters. The molecule has 3 aromatic rings. The highest BCUT2D eigenvalue weighted by Crippen LogP contribution is 2.20. The molecule has 7 nitrogen and oxygen atoms in total. The lowest BCUT2D eigenvalue weighted by Gasteiger charge is -2.33. The maximum Gasteiger partial charge on any atom is 0.240 e. The van der Waals surface area contributed by atoms with Crippen molar-refractivity contribution in [2.45, 2.75) is 30.6 Å². The highest BCUT2D eigenvalue weighted by Gasteiger charge is 2.21.